The molecule has 1 aliphatic heterocycles. The summed E-state index contributed by atoms with van der Waals surface area (Å²) in [6, 6.07) is 10.7. The third-order valence-electron chi connectivity index (χ3n) is 5.58. The highest BCUT2D eigenvalue weighted by Gasteiger charge is 2.48. The molecule has 4 rings (SSSR count). The van der Waals surface area contributed by atoms with E-state index < -0.39 is 0 Å². The Kier molecular flexibility index (Phi) is 3.83. The van der Waals surface area contributed by atoms with Crippen molar-refractivity contribution in [2.45, 2.75) is 37.6 Å². The van der Waals surface area contributed by atoms with Gasteiger partial charge < -0.3 is 4.90 Å². The maximum absolute atomic E-state index is 13.4. The Labute approximate surface area is 141 Å². The van der Waals surface area contributed by atoms with Gasteiger partial charge in [-0.2, -0.15) is 0 Å². The maximum atomic E-state index is 13.4. The van der Waals surface area contributed by atoms with Crippen molar-refractivity contribution >= 4 is 5.91 Å². The number of carbonyl (C=O) groups excluding carboxylic acids is 1. The molecule has 0 unspecified atom stereocenters. The molecule has 2 heterocycles. The van der Waals surface area contributed by atoms with E-state index in [0.717, 1.165) is 29.7 Å². The smallest absolute Gasteiger partial charge is 0.232 e. The van der Waals surface area contributed by atoms with Crippen molar-refractivity contribution in [2.24, 2.45) is 5.92 Å². The van der Waals surface area contributed by atoms with Crippen LogP contribution in [0.15, 0.2) is 42.6 Å². The molecule has 124 valence electrons. The van der Waals surface area contributed by atoms with E-state index in [1.54, 1.807) is 12.3 Å². The van der Waals surface area contributed by atoms with Gasteiger partial charge in [0.15, 0.2) is 0 Å². The molecule has 2 aromatic rings. The first-order valence-corrected chi connectivity index (χ1v) is 8.64. The molecule has 1 aliphatic carbocycles. The van der Waals surface area contributed by atoms with Crippen molar-refractivity contribution in [1.29, 1.82) is 0 Å². The quantitative estimate of drug-likeness (QED) is 0.836. The summed E-state index contributed by atoms with van der Waals surface area (Å²) in [5, 5.41) is 0. The monoisotopic (exact) mass is 324 g/mol. The predicted octanol–water partition coefficient (Wildman–Crippen LogP) is 4.00. The molecule has 3 atom stereocenters. The van der Waals surface area contributed by atoms with Crippen LogP contribution < -0.4 is 0 Å². The Hall–Kier alpha value is -2.23. The van der Waals surface area contributed by atoms with Gasteiger partial charge >= 0.3 is 0 Å². The summed E-state index contributed by atoms with van der Waals surface area (Å²) >= 11 is 0. The van der Waals surface area contributed by atoms with Gasteiger partial charge in [-0.05, 0) is 42.5 Å². The van der Waals surface area contributed by atoms with Crippen LogP contribution in [-0.2, 0) is 4.79 Å². The highest BCUT2D eigenvalue weighted by Crippen LogP contribution is 2.44. The van der Waals surface area contributed by atoms with Gasteiger partial charge in [0.2, 0.25) is 5.91 Å². The maximum Gasteiger partial charge on any atom is 0.232 e. The Morgan fingerprint density at radius 1 is 1.12 bits per heavy atom. The van der Waals surface area contributed by atoms with E-state index in [1.807, 2.05) is 30.1 Å². The molecule has 1 saturated heterocycles. The largest absolute Gasteiger partial charge is 0.342 e. The van der Waals surface area contributed by atoms with Crippen molar-refractivity contribution in [3.05, 3.63) is 54.1 Å². The fourth-order valence-corrected chi connectivity index (χ4v) is 4.35. The second-order valence-corrected chi connectivity index (χ2v) is 6.92. The van der Waals surface area contributed by atoms with E-state index >= 15 is 0 Å². The first kappa shape index (κ1) is 15.3. The first-order chi connectivity index (χ1) is 11.6. The van der Waals surface area contributed by atoms with Crippen LogP contribution in [0, 0.1) is 11.7 Å². The van der Waals surface area contributed by atoms with Crippen LogP contribution in [0.4, 0.5) is 4.39 Å². The molecule has 1 aromatic heterocycles. The number of benzene rings is 1. The minimum Gasteiger partial charge on any atom is -0.342 e. The third-order valence-corrected chi connectivity index (χ3v) is 5.58. The number of nitrogens with zero attached hydrogens (tertiary/aromatic N) is 2. The van der Waals surface area contributed by atoms with Gasteiger partial charge in [-0.25, -0.2) is 4.39 Å². The molecule has 1 amide bonds. The standard InChI is InChI=1S/C20H21FN2O/c1-23-18-8-3-2-7-16(18)19(20(23)24)17-10-9-14(12-22-17)13-5-4-6-15(21)11-13/h4-6,9-12,16,18-19H,2-3,7-8H2,1H3/t16-,18+,19-/m1/s1. The van der Waals surface area contributed by atoms with Crippen LogP contribution >= 0.6 is 0 Å². The van der Waals surface area contributed by atoms with E-state index in [1.165, 1.54) is 25.0 Å². The summed E-state index contributed by atoms with van der Waals surface area (Å²) in [4.78, 5) is 19.2. The van der Waals surface area contributed by atoms with Crippen molar-refractivity contribution in [1.82, 2.24) is 9.88 Å². The molecule has 2 fully saturated rings. The van der Waals surface area contributed by atoms with Crippen LogP contribution in [0.25, 0.3) is 11.1 Å². The lowest BCUT2D eigenvalue weighted by molar-refractivity contribution is -0.128. The third kappa shape index (κ3) is 2.50. The predicted molar refractivity (Wildman–Crippen MR) is 90.9 cm³/mol. The number of likely N-dealkylation sites (tertiary alicyclic amines) is 1. The molecule has 0 radical (unpaired) electrons. The zero-order valence-electron chi connectivity index (χ0n) is 13.8. The van der Waals surface area contributed by atoms with Gasteiger partial charge in [0.1, 0.15) is 5.82 Å². The van der Waals surface area contributed by atoms with Crippen LogP contribution in [0.1, 0.15) is 37.3 Å². The second kappa shape index (κ2) is 6.00. The number of amides is 1. The number of likely N-dealkylation sites (N-methyl/N-ethyl adjacent to an activating group) is 1. The number of hydrogen-bond donors (Lipinski definition) is 0. The highest BCUT2D eigenvalue weighted by atomic mass is 19.1. The number of carbonyl (C=O) groups is 1. The summed E-state index contributed by atoms with van der Waals surface area (Å²) in [5.74, 6) is 0.192. The number of fused-ring (bicyclic) bond motifs is 1. The van der Waals surface area contributed by atoms with Crippen molar-refractivity contribution in [3.8, 4) is 11.1 Å². The SMILES string of the molecule is CN1C(=O)[C@@H](c2ccc(-c3cccc(F)c3)cn2)[C@@H]2CCCC[C@@H]21. The molecular weight excluding hydrogens is 303 g/mol. The Morgan fingerprint density at radius 2 is 1.96 bits per heavy atom. The number of rotatable bonds is 2. The van der Waals surface area contributed by atoms with E-state index in [0.29, 0.717) is 12.0 Å². The summed E-state index contributed by atoms with van der Waals surface area (Å²) < 4.78 is 13.4. The number of aromatic nitrogens is 1. The Morgan fingerprint density at radius 3 is 2.71 bits per heavy atom. The zero-order valence-corrected chi connectivity index (χ0v) is 13.8. The summed E-state index contributed by atoms with van der Waals surface area (Å²) in [6.45, 7) is 0. The Balaban J connectivity index is 1.64. The molecule has 0 bridgehead atoms. The van der Waals surface area contributed by atoms with Gasteiger partial charge in [0.05, 0.1) is 11.6 Å². The number of hydrogen-bond acceptors (Lipinski definition) is 2. The molecular formula is C20H21FN2O. The van der Waals surface area contributed by atoms with E-state index in [2.05, 4.69) is 4.98 Å². The highest BCUT2D eigenvalue weighted by molar-refractivity contribution is 5.86. The van der Waals surface area contributed by atoms with Crippen LogP contribution in [0.2, 0.25) is 0 Å². The summed E-state index contributed by atoms with van der Waals surface area (Å²) in [6.07, 6.45) is 6.36. The van der Waals surface area contributed by atoms with E-state index in [4.69, 9.17) is 0 Å². The van der Waals surface area contributed by atoms with Crippen molar-refractivity contribution < 1.29 is 9.18 Å². The van der Waals surface area contributed by atoms with Gasteiger partial charge in [-0.3, -0.25) is 9.78 Å². The lowest BCUT2D eigenvalue weighted by atomic mass is 9.78. The summed E-state index contributed by atoms with van der Waals surface area (Å²) in [5.41, 5.74) is 2.53. The molecule has 4 heteroatoms. The molecule has 3 nitrogen and oxygen atoms in total. The fraction of sp³-hybridized carbons (Fsp3) is 0.400. The zero-order chi connectivity index (χ0) is 16.7. The average molecular weight is 324 g/mol. The average Bonchev–Trinajstić information content (AvgIpc) is 2.87. The normalized spacial score (nSPS) is 26.5. The molecule has 0 N–H and O–H groups in total. The number of halogens is 1. The molecule has 1 aromatic carbocycles. The van der Waals surface area contributed by atoms with Gasteiger partial charge in [-0.15, -0.1) is 0 Å². The Bertz CT molecular complexity index is 758. The molecule has 1 saturated carbocycles. The van der Waals surface area contributed by atoms with E-state index in [9.17, 15) is 9.18 Å². The van der Waals surface area contributed by atoms with Crippen LogP contribution in [0.5, 0.6) is 0 Å². The van der Waals surface area contributed by atoms with Gasteiger partial charge in [0, 0.05) is 24.8 Å². The van der Waals surface area contributed by atoms with Crippen LogP contribution in [0.3, 0.4) is 0 Å². The lowest BCUT2D eigenvalue weighted by Crippen LogP contribution is -2.33. The lowest BCUT2D eigenvalue weighted by Gasteiger charge is -2.29. The second-order valence-electron chi connectivity index (χ2n) is 6.92. The topological polar surface area (TPSA) is 33.2 Å². The van der Waals surface area contributed by atoms with Crippen LogP contribution in [-0.4, -0.2) is 28.9 Å². The van der Waals surface area contributed by atoms with Crippen molar-refractivity contribution in [2.75, 3.05) is 7.05 Å². The summed E-state index contributed by atoms with van der Waals surface area (Å²) in [7, 11) is 1.92. The van der Waals surface area contributed by atoms with Gasteiger partial charge in [-0.1, -0.05) is 31.0 Å². The minimum absolute atomic E-state index is 0.123. The fourth-order valence-electron chi connectivity index (χ4n) is 4.35. The van der Waals surface area contributed by atoms with E-state index in [-0.39, 0.29) is 17.6 Å². The number of pyridine rings is 1. The van der Waals surface area contributed by atoms with Gasteiger partial charge in [0.25, 0.3) is 0 Å². The molecule has 2 aliphatic rings. The molecule has 0 spiro atoms. The first-order valence-electron chi connectivity index (χ1n) is 8.64. The molecule has 24 heavy (non-hydrogen) atoms. The van der Waals surface area contributed by atoms with Crippen molar-refractivity contribution in [3.63, 3.8) is 0 Å². The minimum atomic E-state index is -0.255.